The lowest BCUT2D eigenvalue weighted by molar-refractivity contribution is -0.122. The molecule has 0 saturated carbocycles. The molecule has 0 unspecified atom stereocenters. The van der Waals surface area contributed by atoms with Crippen molar-refractivity contribution in [2.45, 2.75) is 13.5 Å². The van der Waals surface area contributed by atoms with Gasteiger partial charge < -0.3 is 14.6 Å². The second-order valence-corrected chi connectivity index (χ2v) is 8.62. The van der Waals surface area contributed by atoms with E-state index < -0.39 is 5.97 Å². The maximum Gasteiger partial charge on any atom is 0.335 e. The molecule has 0 aromatic heterocycles. The van der Waals surface area contributed by atoms with E-state index in [2.05, 4.69) is 4.99 Å². The molecular formula is C27H24N2O5S. The number of aliphatic imine (C=N–C) groups is 1. The summed E-state index contributed by atoms with van der Waals surface area (Å²) < 4.78 is 11.0. The standard InChI is InChI=1S/C27H24N2O5S/c1-3-29-25(30)24(35-27(29)28-21-10-8-20(9-11-21)26(31)32)16-18-4-14-23(15-5-18)34-17-19-6-12-22(33-2)13-7-19/h4-16H,3,17H2,1-2H3,(H,31,32)/b24-16+,28-27?. The maximum absolute atomic E-state index is 12.9. The zero-order valence-corrected chi connectivity index (χ0v) is 20.1. The first-order valence-electron chi connectivity index (χ1n) is 11.0. The number of likely N-dealkylation sites (N-methyl/N-ethyl adjacent to an activating group) is 1. The van der Waals surface area contributed by atoms with E-state index in [-0.39, 0.29) is 11.5 Å². The number of carbonyl (C=O) groups is 2. The van der Waals surface area contributed by atoms with Crippen molar-refractivity contribution in [3.63, 3.8) is 0 Å². The Balaban J connectivity index is 1.44. The third kappa shape index (κ3) is 5.91. The first-order chi connectivity index (χ1) is 17.0. The zero-order chi connectivity index (χ0) is 24.8. The first kappa shape index (κ1) is 24.1. The summed E-state index contributed by atoms with van der Waals surface area (Å²) >= 11 is 1.30. The summed E-state index contributed by atoms with van der Waals surface area (Å²) in [6, 6.07) is 21.5. The molecule has 0 bridgehead atoms. The van der Waals surface area contributed by atoms with Crippen LogP contribution in [0.1, 0.15) is 28.4 Å². The molecule has 178 valence electrons. The second kappa shape index (κ2) is 10.9. The summed E-state index contributed by atoms with van der Waals surface area (Å²) in [4.78, 5) is 30.7. The van der Waals surface area contributed by atoms with Crippen molar-refractivity contribution in [3.05, 3.63) is 94.4 Å². The molecule has 0 spiro atoms. The van der Waals surface area contributed by atoms with Crippen molar-refractivity contribution in [3.8, 4) is 11.5 Å². The molecule has 0 aliphatic carbocycles. The fourth-order valence-electron chi connectivity index (χ4n) is 3.36. The zero-order valence-electron chi connectivity index (χ0n) is 19.3. The molecule has 8 heteroatoms. The average molecular weight is 489 g/mol. The summed E-state index contributed by atoms with van der Waals surface area (Å²) in [5, 5.41) is 9.62. The van der Waals surface area contributed by atoms with E-state index in [4.69, 9.17) is 14.6 Å². The molecule has 0 atom stereocenters. The molecule has 7 nitrogen and oxygen atoms in total. The Morgan fingerprint density at radius 3 is 2.26 bits per heavy atom. The Morgan fingerprint density at radius 1 is 1.00 bits per heavy atom. The van der Waals surface area contributed by atoms with Crippen LogP contribution in [-0.2, 0) is 11.4 Å². The van der Waals surface area contributed by atoms with Gasteiger partial charge in [0, 0.05) is 6.54 Å². The Kier molecular flexibility index (Phi) is 7.52. The van der Waals surface area contributed by atoms with Gasteiger partial charge in [0.2, 0.25) is 0 Å². The highest BCUT2D eigenvalue weighted by molar-refractivity contribution is 8.18. The van der Waals surface area contributed by atoms with Crippen molar-refractivity contribution < 1.29 is 24.2 Å². The largest absolute Gasteiger partial charge is 0.497 e. The van der Waals surface area contributed by atoms with Crippen molar-refractivity contribution in [2.24, 2.45) is 4.99 Å². The highest BCUT2D eigenvalue weighted by Gasteiger charge is 2.32. The van der Waals surface area contributed by atoms with Gasteiger partial charge in [-0.2, -0.15) is 0 Å². The fraction of sp³-hybridized carbons (Fsp3) is 0.148. The number of aromatic carboxylic acids is 1. The fourth-order valence-corrected chi connectivity index (χ4v) is 4.42. The summed E-state index contributed by atoms with van der Waals surface area (Å²) in [6.45, 7) is 2.81. The number of amides is 1. The lowest BCUT2D eigenvalue weighted by atomic mass is 10.2. The van der Waals surface area contributed by atoms with E-state index in [1.165, 1.54) is 23.9 Å². The van der Waals surface area contributed by atoms with E-state index >= 15 is 0 Å². The minimum absolute atomic E-state index is 0.113. The number of benzene rings is 3. The summed E-state index contributed by atoms with van der Waals surface area (Å²) in [5.41, 5.74) is 2.69. The minimum atomic E-state index is -0.993. The highest BCUT2D eigenvalue weighted by atomic mass is 32.2. The average Bonchev–Trinajstić information content (AvgIpc) is 3.17. The molecule has 1 N–H and O–H groups in total. The molecule has 35 heavy (non-hydrogen) atoms. The molecule has 1 aliphatic heterocycles. The van der Waals surface area contributed by atoms with Gasteiger partial charge in [0.25, 0.3) is 5.91 Å². The number of rotatable bonds is 8. The van der Waals surface area contributed by atoms with Crippen LogP contribution in [0, 0.1) is 0 Å². The van der Waals surface area contributed by atoms with Gasteiger partial charge in [-0.05, 0) is 84.4 Å². The monoisotopic (exact) mass is 488 g/mol. The van der Waals surface area contributed by atoms with Gasteiger partial charge in [-0.3, -0.25) is 9.69 Å². The molecule has 1 heterocycles. The highest BCUT2D eigenvalue weighted by Crippen LogP contribution is 2.34. The Morgan fingerprint density at radius 2 is 1.66 bits per heavy atom. The molecule has 3 aromatic carbocycles. The number of amidine groups is 1. The number of carboxylic acid groups (broad SMARTS) is 1. The van der Waals surface area contributed by atoms with Crippen LogP contribution in [0.15, 0.2) is 82.7 Å². The minimum Gasteiger partial charge on any atom is -0.497 e. The van der Waals surface area contributed by atoms with Gasteiger partial charge >= 0.3 is 5.97 Å². The lowest BCUT2D eigenvalue weighted by Crippen LogP contribution is -2.28. The van der Waals surface area contributed by atoms with Gasteiger partial charge in [0.1, 0.15) is 18.1 Å². The topological polar surface area (TPSA) is 88.4 Å². The van der Waals surface area contributed by atoms with E-state index in [0.29, 0.717) is 28.9 Å². The van der Waals surface area contributed by atoms with Crippen LogP contribution >= 0.6 is 11.8 Å². The molecule has 1 saturated heterocycles. The first-order valence-corrected chi connectivity index (χ1v) is 11.8. The Labute approximate surface area is 207 Å². The number of carbonyl (C=O) groups excluding carboxylic acids is 1. The van der Waals surface area contributed by atoms with Crippen LogP contribution in [0.5, 0.6) is 11.5 Å². The smallest absolute Gasteiger partial charge is 0.335 e. The van der Waals surface area contributed by atoms with Crippen LogP contribution in [0.2, 0.25) is 0 Å². The lowest BCUT2D eigenvalue weighted by Gasteiger charge is -2.12. The molecule has 1 amide bonds. The molecular weight excluding hydrogens is 464 g/mol. The number of nitrogens with zero attached hydrogens (tertiary/aromatic N) is 2. The van der Waals surface area contributed by atoms with Gasteiger partial charge in [0.15, 0.2) is 5.17 Å². The van der Waals surface area contributed by atoms with Gasteiger partial charge in [-0.15, -0.1) is 0 Å². The molecule has 0 radical (unpaired) electrons. The molecule has 4 rings (SSSR count). The number of methoxy groups -OCH3 is 1. The van der Waals surface area contributed by atoms with Gasteiger partial charge in [0.05, 0.1) is 23.3 Å². The van der Waals surface area contributed by atoms with Crippen molar-refractivity contribution in [2.75, 3.05) is 13.7 Å². The van der Waals surface area contributed by atoms with E-state index in [9.17, 15) is 9.59 Å². The van der Waals surface area contributed by atoms with Crippen molar-refractivity contribution in [1.29, 1.82) is 0 Å². The van der Waals surface area contributed by atoms with Crippen LogP contribution in [-0.4, -0.2) is 40.7 Å². The van der Waals surface area contributed by atoms with Gasteiger partial charge in [-0.1, -0.05) is 24.3 Å². The SMILES string of the molecule is CCN1C(=O)/C(=C\c2ccc(OCc3ccc(OC)cc3)cc2)SC1=Nc1ccc(C(=O)O)cc1. The normalized spacial score (nSPS) is 15.6. The van der Waals surface area contributed by atoms with Crippen LogP contribution in [0.4, 0.5) is 5.69 Å². The number of thioether (sulfide) groups is 1. The number of hydrogen-bond donors (Lipinski definition) is 1. The second-order valence-electron chi connectivity index (χ2n) is 7.61. The van der Waals surface area contributed by atoms with Crippen LogP contribution in [0.25, 0.3) is 6.08 Å². The van der Waals surface area contributed by atoms with Crippen LogP contribution in [0.3, 0.4) is 0 Å². The van der Waals surface area contributed by atoms with Crippen molar-refractivity contribution >= 4 is 40.6 Å². The van der Waals surface area contributed by atoms with E-state index in [1.807, 2.05) is 61.5 Å². The summed E-state index contributed by atoms with van der Waals surface area (Å²) in [7, 11) is 1.63. The number of hydrogen-bond acceptors (Lipinski definition) is 6. The number of ether oxygens (including phenoxy) is 2. The predicted molar refractivity (Wildman–Crippen MR) is 137 cm³/mol. The van der Waals surface area contributed by atoms with Gasteiger partial charge in [-0.25, -0.2) is 9.79 Å². The summed E-state index contributed by atoms with van der Waals surface area (Å²) in [6.07, 6.45) is 1.83. The Hall–Kier alpha value is -4.04. The van der Waals surface area contributed by atoms with Crippen molar-refractivity contribution in [1.82, 2.24) is 4.90 Å². The molecule has 1 fully saturated rings. The molecule has 1 aliphatic rings. The Bertz CT molecular complexity index is 1270. The van der Waals surface area contributed by atoms with E-state index in [0.717, 1.165) is 22.6 Å². The quantitative estimate of drug-likeness (QED) is 0.416. The van der Waals surface area contributed by atoms with Crippen LogP contribution < -0.4 is 9.47 Å². The summed E-state index contributed by atoms with van der Waals surface area (Å²) in [5.74, 6) is 0.428. The molecule has 3 aromatic rings. The number of carboxylic acids is 1. The third-order valence-corrected chi connectivity index (χ3v) is 6.29. The maximum atomic E-state index is 12.9. The predicted octanol–water partition coefficient (Wildman–Crippen LogP) is 5.60. The van der Waals surface area contributed by atoms with E-state index in [1.54, 1.807) is 24.1 Å². The third-order valence-electron chi connectivity index (χ3n) is 5.29.